The normalized spacial score (nSPS) is 16.2. The van der Waals surface area contributed by atoms with Gasteiger partial charge < -0.3 is 16.0 Å². The van der Waals surface area contributed by atoms with E-state index in [0.717, 1.165) is 25.0 Å². The summed E-state index contributed by atoms with van der Waals surface area (Å²) in [6.45, 7) is 0. The maximum absolute atomic E-state index is 12.2. The smallest absolute Gasteiger partial charge is 0.319 e. The Morgan fingerprint density at radius 1 is 1.38 bits per heavy atom. The highest BCUT2D eigenvalue weighted by Crippen LogP contribution is 2.21. The predicted octanol–water partition coefficient (Wildman–Crippen LogP) is 2.10. The molecule has 1 atom stereocenters. The number of aryl methyl sites for hydroxylation is 1. The van der Waals surface area contributed by atoms with E-state index in [4.69, 9.17) is 11.6 Å². The summed E-state index contributed by atoms with van der Waals surface area (Å²) in [7, 11) is 1.53. The van der Waals surface area contributed by atoms with Gasteiger partial charge in [0.05, 0.1) is 16.8 Å². The number of aromatic nitrogens is 2. The van der Waals surface area contributed by atoms with Crippen LogP contribution >= 0.6 is 11.6 Å². The fourth-order valence-electron chi connectivity index (χ4n) is 2.80. The van der Waals surface area contributed by atoms with Crippen molar-refractivity contribution < 1.29 is 9.59 Å². The minimum absolute atomic E-state index is 0.0451. The topological polar surface area (TPSA) is 98.9 Å². The fraction of sp³-hybridized carbons (Fsp3) is 0.312. The largest absolute Gasteiger partial charge is 0.355 e. The quantitative estimate of drug-likeness (QED) is 0.684. The van der Waals surface area contributed by atoms with E-state index >= 15 is 0 Å². The molecule has 0 radical (unpaired) electrons. The summed E-state index contributed by atoms with van der Waals surface area (Å²) in [5, 5.41) is 15.5. The zero-order valence-electron chi connectivity index (χ0n) is 13.1. The number of nitrogens with zero attached hydrogens (tertiary/aromatic N) is 1. The highest BCUT2D eigenvalue weighted by molar-refractivity contribution is 6.34. The first-order valence-electron chi connectivity index (χ1n) is 7.67. The number of anilines is 1. The lowest BCUT2D eigenvalue weighted by Gasteiger charge is -2.23. The number of fused-ring (bicyclic) bond motifs is 1. The van der Waals surface area contributed by atoms with Gasteiger partial charge in [0, 0.05) is 30.9 Å². The van der Waals surface area contributed by atoms with Crippen molar-refractivity contribution >= 4 is 29.2 Å². The van der Waals surface area contributed by atoms with Crippen LogP contribution in [-0.2, 0) is 12.8 Å². The average Bonchev–Trinajstić information content (AvgIpc) is 3.03. The van der Waals surface area contributed by atoms with E-state index in [1.54, 1.807) is 18.2 Å². The van der Waals surface area contributed by atoms with Crippen LogP contribution in [0.25, 0.3) is 0 Å². The SMILES string of the molecule is CNC(=O)c1cc(NC(=O)N[C@H]2CCc3cn[nH]c3C2)ccc1Cl. The Labute approximate surface area is 144 Å². The summed E-state index contributed by atoms with van der Waals surface area (Å²) < 4.78 is 0. The van der Waals surface area contributed by atoms with Gasteiger partial charge in [-0.25, -0.2) is 4.79 Å². The van der Waals surface area contributed by atoms with Gasteiger partial charge in [0.15, 0.2) is 0 Å². The zero-order chi connectivity index (χ0) is 17.1. The molecule has 126 valence electrons. The number of urea groups is 1. The van der Waals surface area contributed by atoms with Crippen molar-refractivity contribution in [3.05, 3.63) is 46.2 Å². The number of H-pyrrole nitrogens is 1. The zero-order valence-corrected chi connectivity index (χ0v) is 13.9. The molecular weight excluding hydrogens is 330 g/mol. The van der Waals surface area contributed by atoms with Crippen LogP contribution in [0, 0.1) is 0 Å². The molecule has 8 heteroatoms. The Bertz CT molecular complexity index is 774. The Kier molecular flexibility index (Phi) is 4.71. The van der Waals surface area contributed by atoms with Gasteiger partial charge in [0.1, 0.15) is 0 Å². The van der Waals surface area contributed by atoms with Crippen LogP contribution in [-0.4, -0.2) is 35.2 Å². The van der Waals surface area contributed by atoms with Crippen molar-refractivity contribution in [3.8, 4) is 0 Å². The maximum Gasteiger partial charge on any atom is 0.319 e. The molecule has 0 saturated carbocycles. The van der Waals surface area contributed by atoms with Crippen LogP contribution in [0.15, 0.2) is 24.4 Å². The number of hydrogen-bond acceptors (Lipinski definition) is 3. The van der Waals surface area contributed by atoms with E-state index in [2.05, 4.69) is 26.1 Å². The third-order valence-corrected chi connectivity index (χ3v) is 4.38. The molecule has 7 nitrogen and oxygen atoms in total. The summed E-state index contributed by atoms with van der Waals surface area (Å²) in [5.74, 6) is -0.303. The van der Waals surface area contributed by atoms with Gasteiger partial charge in [-0.1, -0.05) is 11.6 Å². The van der Waals surface area contributed by atoms with Gasteiger partial charge in [-0.3, -0.25) is 9.89 Å². The summed E-state index contributed by atoms with van der Waals surface area (Å²) in [5.41, 5.74) is 3.10. The van der Waals surface area contributed by atoms with Crippen molar-refractivity contribution in [1.82, 2.24) is 20.8 Å². The number of amides is 3. The third-order valence-electron chi connectivity index (χ3n) is 4.05. The van der Waals surface area contributed by atoms with Gasteiger partial charge in [-0.15, -0.1) is 0 Å². The van der Waals surface area contributed by atoms with Gasteiger partial charge in [0.2, 0.25) is 0 Å². The summed E-state index contributed by atoms with van der Waals surface area (Å²) in [6.07, 6.45) is 4.31. The second-order valence-electron chi connectivity index (χ2n) is 5.69. The van der Waals surface area contributed by atoms with E-state index in [1.807, 2.05) is 6.20 Å². The number of nitrogens with one attached hydrogen (secondary N) is 4. The molecule has 1 heterocycles. The minimum atomic E-state index is -0.312. The Hall–Kier alpha value is -2.54. The maximum atomic E-state index is 12.2. The Balaban J connectivity index is 1.62. The molecule has 24 heavy (non-hydrogen) atoms. The molecule has 0 bridgehead atoms. The number of rotatable bonds is 3. The van der Waals surface area contributed by atoms with Gasteiger partial charge in [0.25, 0.3) is 5.91 Å². The van der Waals surface area contributed by atoms with E-state index in [9.17, 15) is 9.59 Å². The second-order valence-corrected chi connectivity index (χ2v) is 6.09. The molecule has 3 amide bonds. The first kappa shape index (κ1) is 16.3. The lowest BCUT2D eigenvalue weighted by Crippen LogP contribution is -2.41. The number of hydrogen-bond donors (Lipinski definition) is 4. The van der Waals surface area contributed by atoms with Crippen LogP contribution in [0.2, 0.25) is 5.02 Å². The molecule has 1 aromatic heterocycles. The third kappa shape index (κ3) is 3.51. The van der Waals surface area contributed by atoms with Gasteiger partial charge in [-0.05, 0) is 36.6 Å². The molecular formula is C16H18ClN5O2. The first-order valence-corrected chi connectivity index (χ1v) is 8.05. The second kappa shape index (κ2) is 6.92. The molecule has 2 aromatic rings. The molecule has 3 rings (SSSR count). The average molecular weight is 348 g/mol. The predicted molar refractivity (Wildman–Crippen MR) is 91.4 cm³/mol. The number of benzene rings is 1. The van der Waals surface area contributed by atoms with Crippen molar-refractivity contribution in [1.29, 1.82) is 0 Å². The Morgan fingerprint density at radius 3 is 3.00 bits per heavy atom. The van der Waals surface area contributed by atoms with Crippen LogP contribution in [0.3, 0.4) is 0 Å². The molecule has 0 unspecified atom stereocenters. The monoisotopic (exact) mass is 347 g/mol. The number of halogens is 1. The van der Waals surface area contributed by atoms with Crippen LogP contribution in [0.5, 0.6) is 0 Å². The molecule has 0 aliphatic heterocycles. The highest BCUT2D eigenvalue weighted by atomic mass is 35.5. The van der Waals surface area contributed by atoms with Crippen molar-refractivity contribution in [2.75, 3.05) is 12.4 Å². The van der Waals surface area contributed by atoms with Crippen molar-refractivity contribution in [2.45, 2.75) is 25.3 Å². The lowest BCUT2D eigenvalue weighted by atomic mass is 9.94. The van der Waals surface area contributed by atoms with Crippen LogP contribution in [0.4, 0.5) is 10.5 Å². The van der Waals surface area contributed by atoms with Crippen molar-refractivity contribution in [2.24, 2.45) is 0 Å². The van der Waals surface area contributed by atoms with E-state index in [-0.39, 0.29) is 18.0 Å². The number of carbonyl (C=O) groups excluding carboxylic acids is 2. The van der Waals surface area contributed by atoms with E-state index in [0.29, 0.717) is 16.3 Å². The molecule has 1 aliphatic rings. The van der Waals surface area contributed by atoms with Crippen LogP contribution in [0.1, 0.15) is 28.0 Å². The summed E-state index contributed by atoms with van der Waals surface area (Å²) in [4.78, 5) is 23.9. The number of carbonyl (C=O) groups is 2. The van der Waals surface area contributed by atoms with E-state index < -0.39 is 0 Å². The highest BCUT2D eigenvalue weighted by Gasteiger charge is 2.21. The van der Waals surface area contributed by atoms with Gasteiger partial charge >= 0.3 is 6.03 Å². The first-order chi connectivity index (χ1) is 11.6. The summed E-state index contributed by atoms with van der Waals surface area (Å²) in [6, 6.07) is 4.52. The summed E-state index contributed by atoms with van der Waals surface area (Å²) >= 11 is 6.00. The van der Waals surface area contributed by atoms with Crippen LogP contribution < -0.4 is 16.0 Å². The molecule has 1 aliphatic carbocycles. The minimum Gasteiger partial charge on any atom is -0.355 e. The fourth-order valence-corrected chi connectivity index (χ4v) is 3.00. The lowest BCUT2D eigenvalue weighted by molar-refractivity contribution is 0.0963. The number of aromatic amines is 1. The van der Waals surface area contributed by atoms with E-state index in [1.165, 1.54) is 12.6 Å². The van der Waals surface area contributed by atoms with Crippen molar-refractivity contribution in [3.63, 3.8) is 0 Å². The molecule has 0 fully saturated rings. The standard InChI is InChI=1S/C16H18ClN5O2/c1-18-15(23)12-6-10(4-5-13(12)17)20-16(24)21-11-3-2-9-8-19-22-14(9)7-11/h4-6,8,11H,2-3,7H2,1H3,(H,18,23)(H,19,22)(H2,20,21,24)/t11-/m0/s1. The van der Waals surface area contributed by atoms with Gasteiger partial charge in [-0.2, -0.15) is 5.10 Å². The molecule has 4 N–H and O–H groups in total. The molecule has 1 aromatic carbocycles. The molecule has 0 spiro atoms. The Morgan fingerprint density at radius 2 is 2.21 bits per heavy atom. The molecule has 0 saturated heterocycles.